The number of halogens is 8. The molecular formula is C24H12BrCl2F5N2O2. The fourth-order valence-corrected chi connectivity index (χ4v) is 4.13. The Hall–Kier alpha value is -2.95. The van der Waals surface area contributed by atoms with E-state index in [1.165, 1.54) is 13.0 Å². The molecule has 36 heavy (non-hydrogen) atoms. The van der Waals surface area contributed by atoms with Crippen LogP contribution in [0, 0.1) is 29.1 Å². The van der Waals surface area contributed by atoms with Gasteiger partial charge >= 0.3 is 0 Å². The molecule has 186 valence electrons. The van der Waals surface area contributed by atoms with Crippen LogP contribution in [0.2, 0.25) is 10.0 Å². The third kappa shape index (κ3) is 4.85. The fraction of sp³-hybridized carbons (Fsp3) is 0.0833. The van der Waals surface area contributed by atoms with Crippen molar-refractivity contribution in [2.24, 2.45) is 5.10 Å². The molecule has 0 saturated heterocycles. The molecule has 0 fully saturated rings. The number of hydrogen-bond acceptors (Lipinski definition) is 3. The minimum Gasteiger partial charge on any atom is -0.488 e. The Balaban J connectivity index is 1.58. The van der Waals surface area contributed by atoms with Gasteiger partial charge in [0.1, 0.15) is 18.0 Å². The van der Waals surface area contributed by atoms with E-state index in [0.717, 1.165) is 5.56 Å². The first-order valence-electron chi connectivity index (χ1n) is 9.99. The summed E-state index contributed by atoms with van der Waals surface area (Å²) in [4.78, 5) is 12.8. The molecule has 0 unspecified atom stereocenters. The fourth-order valence-electron chi connectivity index (χ4n) is 3.30. The monoisotopic (exact) mass is 604 g/mol. The molecule has 4 nitrogen and oxygen atoms in total. The highest BCUT2D eigenvalue weighted by Gasteiger charge is 2.37. The largest absolute Gasteiger partial charge is 0.488 e. The summed E-state index contributed by atoms with van der Waals surface area (Å²) >= 11 is 15.3. The molecule has 3 aromatic carbocycles. The molecular weight excluding hydrogens is 594 g/mol. The minimum absolute atomic E-state index is 0.0139. The standard InChI is InChI=1S/C24H12BrCl2F5N2O2/c1-10-13(24(35)34(33-10)23-21(31)19(29)18(28)20(30)22(23)32)6-11-3-5-17(14(25)7-11)36-9-12-2-4-15(26)16(27)8-12/h2-8H,9H2,1H3/b13-6+. The number of carbonyl (C=O) groups excluding carboxylic acids is 1. The molecule has 0 spiro atoms. The number of anilines is 1. The predicted octanol–water partition coefficient (Wildman–Crippen LogP) is 7.84. The summed E-state index contributed by atoms with van der Waals surface area (Å²) in [6, 6.07) is 9.89. The van der Waals surface area contributed by atoms with Gasteiger partial charge in [-0.05, 0) is 64.3 Å². The summed E-state index contributed by atoms with van der Waals surface area (Å²) < 4.78 is 75.3. The molecule has 12 heteroatoms. The third-order valence-corrected chi connectivity index (χ3v) is 6.47. The van der Waals surface area contributed by atoms with Gasteiger partial charge in [0.2, 0.25) is 5.82 Å². The van der Waals surface area contributed by atoms with E-state index in [2.05, 4.69) is 21.0 Å². The second-order valence-electron chi connectivity index (χ2n) is 7.51. The van der Waals surface area contributed by atoms with Crippen molar-refractivity contribution in [1.29, 1.82) is 0 Å². The summed E-state index contributed by atoms with van der Waals surface area (Å²) in [6.45, 7) is 1.55. The normalized spacial score (nSPS) is 14.6. The SMILES string of the molecule is CC1=NN(c2c(F)c(F)c(F)c(F)c2F)C(=O)/C1=C/c1ccc(OCc2ccc(Cl)c(Cl)c2)c(Br)c1. The van der Waals surface area contributed by atoms with Crippen LogP contribution in [0.15, 0.2) is 51.5 Å². The number of ether oxygens (including phenoxy) is 1. The van der Waals surface area contributed by atoms with Gasteiger partial charge in [0.05, 0.1) is 25.8 Å². The van der Waals surface area contributed by atoms with Crippen LogP contribution in [0.25, 0.3) is 6.08 Å². The van der Waals surface area contributed by atoms with Gasteiger partial charge in [-0.15, -0.1) is 0 Å². The quantitative estimate of drug-likeness (QED) is 0.129. The van der Waals surface area contributed by atoms with Gasteiger partial charge in [0, 0.05) is 0 Å². The van der Waals surface area contributed by atoms with Crippen molar-refractivity contribution in [2.75, 3.05) is 5.01 Å². The van der Waals surface area contributed by atoms with Gasteiger partial charge in [0.25, 0.3) is 5.91 Å². The van der Waals surface area contributed by atoms with Crippen LogP contribution < -0.4 is 9.75 Å². The first kappa shape index (κ1) is 26.1. The number of rotatable bonds is 5. The highest BCUT2D eigenvalue weighted by atomic mass is 79.9. The van der Waals surface area contributed by atoms with Crippen LogP contribution in [-0.2, 0) is 11.4 Å². The van der Waals surface area contributed by atoms with Crippen LogP contribution in [0.4, 0.5) is 27.6 Å². The van der Waals surface area contributed by atoms with Crippen LogP contribution in [0.3, 0.4) is 0 Å². The first-order chi connectivity index (χ1) is 17.0. The summed E-state index contributed by atoms with van der Waals surface area (Å²) in [5.74, 6) is -11.6. The lowest BCUT2D eigenvalue weighted by molar-refractivity contribution is -0.114. The van der Waals surface area contributed by atoms with Crippen molar-refractivity contribution in [1.82, 2.24) is 0 Å². The average Bonchev–Trinajstić information content (AvgIpc) is 3.11. The maximum Gasteiger partial charge on any atom is 0.280 e. The molecule has 4 rings (SSSR count). The minimum atomic E-state index is -2.33. The van der Waals surface area contributed by atoms with E-state index in [9.17, 15) is 26.7 Å². The summed E-state index contributed by atoms with van der Waals surface area (Å²) in [5, 5.41) is 4.66. The van der Waals surface area contributed by atoms with Crippen molar-refractivity contribution < 1.29 is 31.5 Å². The number of benzene rings is 3. The Kier molecular flexibility index (Phi) is 7.40. The third-order valence-electron chi connectivity index (χ3n) is 5.11. The molecule has 0 bridgehead atoms. The van der Waals surface area contributed by atoms with E-state index < -0.39 is 40.7 Å². The number of hydrogen-bond donors (Lipinski definition) is 0. The van der Waals surface area contributed by atoms with E-state index in [-0.39, 0.29) is 22.9 Å². The van der Waals surface area contributed by atoms with Gasteiger partial charge in [-0.25, -0.2) is 22.0 Å². The topological polar surface area (TPSA) is 41.9 Å². The molecule has 0 atom stereocenters. The Labute approximate surface area is 219 Å². The lowest BCUT2D eigenvalue weighted by atomic mass is 10.1. The van der Waals surface area contributed by atoms with Crippen molar-refractivity contribution in [3.05, 3.63) is 96.7 Å². The highest BCUT2D eigenvalue weighted by molar-refractivity contribution is 9.10. The van der Waals surface area contributed by atoms with Gasteiger partial charge in [0.15, 0.2) is 23.3 Å². The Morgan fingerprint density at radius 2 is 1.58 bits per heavy atom. The van der Waals surface area contributed by atoms with Gasteiger partial charge in [-0.3, -0.25) is 4.79 Å². The van der Waals surface area contributed by atoms with Gasteiger partial charge in [-0.1, -0.05) is 35.3 Å². The zero-order valence-electron chi connectivity index (χ0n) is 18.0. The Morgan fingerprint density at radius 1 is 0.944 bits per heavy atom. The van der Waals surface area contributed by atoms with E-state index in [1.807, 2.05) is 0 Å². The Morgan fingerprint density at radius 3 is 2.19 bits per heavy atom. The molecule has 0 aliphatic carbocycles. The summed E-state index contributed by atoms with van der Waals surface area (Å²) in [7, 11) is 0. The molecule has 0 saturated carbocycles. The van der Waals surface area contributed by atoms with Crippen LogP contribution in [-0.4, -0.2) is 11.6 Å². The molecule has 1 aliphatic heterocycles. The van der Waals surface area contributed by atoms with Crippen LogP contribution in [0.1, 0.15) is 18.1 Å². The average molecular weight is 606 g/mol. The molecule has 0 N–H and O–H groups in total. The van der Waals surface area contributed by atoms with Gasteiger partial charge in [-0.2, -0.15) is 10.1 Å². The van der Waals surface area contributed by atoms with E-state index in [4.69, 9.17) is 27.9 Å². The number of nitrogens with zero attached hydrogens (tertiary/aromatic N) is 2. The molecule has 1 aliphatic rings. The lowest BCUT2D eigenvalue weighted by Gasteiger charge is -2.15. The van der Waals surface area contributed by atoms with E-state index in [1.54, 1.807) is 36.4 Å². The van der Waals surface area contributed by atoms with Crippen LogP contribution >= 0.6 is 39.1 Å². The molecule has 3 aromatic rings. The molecule has 1 amide bonds. The maximum atomic E-state index is 14.2. The zero-order valence-corrected chi connectivity index (χ0v) is 21.1. The van der Waals surface area contributed by atoms with E-state index in [0.29, 0.717) is 25.8 Å². The number of amides is 1. The Bertz CT molecular complexity index is 1450. The van der Waals surface area contributed by atoms with Crippen molar-refractivity contribution >= 4 is 62.5 Å². The lowest BCUT2D eigenvalue weighted by Crippen LogP contribution is -2.25. The second-order valence-corrected chi connectivity index (χ2v) is 9.17. The number of hydrazone groups is 1. The number of carbonyl (C=O) groups is 1. The smallest absolute Gasteiger partial charge is 0.280 e. The molecule has 0 aromatic heterocycles. The van der Waals surface area contributed by atoms with Crippen molar-refractivity contribution in [3.63, 3.8) is 0 Å². The summed E-state index contributed by atoms with van der Waals surface area (Å²) in [5.41, 5.74) is -0.290. The molecule has 1 heterocycles. The van der Waals surface area contributed by atoms with Crippen molar-refractivity contribution in [3.8, 4) is 5.75 Å². The summed E-state index contributed by atoms with van der Waals surface area (Å²) in [6.07, 6.45) is 1.36. The van der Waals surface area contributed by atoms with Crippen molar-refractivity contribution in [2.45, 2.75) is 13.5 Å². The van der Waals surface area contributed by atoms with Crippen LogP contribution in [0.5, 0.6) is 5.75 Å². The predicted molar refractivity (Wildman–Crippen MR) is 130 cm³/mol. The van der Waals surface area contributed by atoms with E-state index >= 15 is 0 Å². The maximum absolute atomic E-state index is 14.2. The molecule has 0 radical (unpaired) electrons. The zero-order chi connectivity index (χ0) is 26.3. The highest BCUT2D eigenvalue weighted by Crippen LogP contribution is 2.35. The first-order valence-corrected chi connectivity index (χ1v) is 11.5. The van der Waals surface area contributed by atoms with Gasteiger partial charge < -0.3 is 4.74 Å². The second kappa shape index (κ2) is 10.2.